The Balaban J connectivity index is 1.50. The fourth-order valence-corrected chi connectivity index (χ4v) is 3.98. The van der Waals surface area contributed by atoms with Gasteiger partial charge in [-0.15, -0.1) is 0 Å². The number of carbonyl (C=O) groups excluding carboxylic acids is 1. The SMILES string of the molecule is Cc1c(NC(=O)c2ccc(N3C[C@@H](C)O[C@@H](C)C3)nc2)cccc1-c1ccc(F)cc1. The Morgan fingerprint density at radius 2 is 1.77 bits per heavy atom. The molecule has 2 atom stereocenters. The number of carbonyl (C=O) groups is 1. The van der Waals surface area contributed by atoms with Gasteiger partial charge in [-0.05, 0) is 67.8 Å². The van der Waals surface area contributed by atoms with Crippen LogP contribution < -0.4 is 10.2 Å². The standard InChI is InChI=1S/C25H26FN3O2/c1-16-14-29(15-17(2)31-16)24-12-9-20(13-27-24)25(30)28-23-6-4-5-22(18(23)3)19-7-10-21(26)11-8-19/h4-13,16-17H,14-15H2,1-3H3,(H,28,30)/t16-,17+. The third-order valence-corrected chi connectivity index (χ3v) is 5.49. The average molecular weight is 420 g/mol. The molecule has 4 rings (SSSR count). The van der Waals surface area contributed by atoms with Crippen LogP contribution in [0.4, 0.5) is 15.9 Å². The van der Waals surface area contributed by atoms with Crippen molar-refractivity contribution in [2.75, 3.05) is 23.3 Å². The molecule has 1 aromatic heterocycles. The summed E-state index contributed by atoms with van der Waals surface area (Å²) < 4.78 is 19.0. The minimum Gasteiger partial charge on any atom is -0.372 e. The van der Waals surface area contributed by atoms with Gasteiger partial charge in [0.2, 0.25) is 0 Å². The summed E-state index contributed by atoms with van der Waals surface area (Å²) in [5, 5.41) is 2.97. The first-order valence-electron chi connectivity index (χ1n) is 10.4. The number of aromatic nitrogens is 1. The Bertz CT molecular complexity index is 1060. The number of morpholine rings is 1. The zero-order chi connectivity index (χ0) is 22.0. The lowest BCUT2D eigenvalue weighted by molar-refractivity contribution is -0.00546. The molecule has 0 aliphatic carbocycles. The summed E-state index contributed by atoms with van der Waals surface area (Å²) in [6, 6.07) is 15.7. The number of benzene rings is 2. The van der Waals surface area contributed by atoms with Gasteiger partial charge in [-0.3, -0.25) is 4.79 Å². The number of nitrogens with zero attached hydrogens (tertiary/aromatic N) is 2. The topological polar surface area (TPSA) is 54.5 Å². The minimum absolute atomic E-state index is 0.143. The van der Waals surface area contributed by atoms with Crippen LogP contribution in [0.5, 0.6) is 0 Å². The van der Waals surface area contributed by atoms with E-state index in [-0.39, 0.29) is 23.9 Å². The molecular weight excluding hydrogens is 393 g/mol. The molecule has 1 saturated heterocycles. The highest BCUT2D eigenvalue weighted by atomic mass is 19.1. The molecule has 0 radical (unpaired) electrons. The second-order valence-corrected chi connectivity index (χ2v) is 8.01. The highest BCUT2D eigenvalue weighted by molar-refractivity contribution is 6.05. The van der Waals surface area contributed by atoms with E-state index in [0.29, 0.717) is 11.3 Å². The summed E-state index contributed by atoms with van der Waals surface area (Å²) in [5.41, 5.74) is 3.97. The molecule has 1 aliphatic rings. The predicted molar refractivity (Wildman–Crippen MR) is 121 cm³/mol. The minimum atomic E-state index is -0.275. The molecule has 1 aliphatic heterocycles. The van der Waals surface area contributed by atoms with Crippen LogP contribution in [0.15, 0.2) is 60.8 Å². The summed E-state index contributed by atoms with van der Waals surface area (Å²) in [4.78, 5) is 19.5. The molecule has 160 valence electrons. The molecule has 2 heterocycles. The molecule has 3 aromatic rings. The van der Waals surface area contributed by atoms with Gasteiger partial charge in [0.05, 0.1) is 17.8 Å². The largest absolute Gasteiger partial charge is 0.372 e. The summed E-state index contributed by atoms with van der Waals surface area (Å²) in [5.74, 6) is 0.345. The first-order valence-corrected chi connectivity index (χ1v) is 10.4. The smallest absolute Gasteiger partial charge is 0.257 e. The van der Waals surface area contributed by atoms with Crippen molar-refractivity contribution in [1.29, 1.82) is 0 Å². The van der Waals surface area contributed by atoms with Crippen molar-refractivity contribution in [1.82, 2.24) is 4.98 Å². The van der Waals surface area contributed by atoms with Crippen molar-refractivity contribution in [3.05, 3.63) is 77.7 Å². The predicted octanol–water partition coefficient (Wildman–Crippen LogP) is 5.06. The number of nitrogens with one attached hydrogen (secondary N) is 1. The number of anilines is 2. The number of pyridine rings is 1. The highest BCUT2D eigenvalue weighted by Gasteiger charge is 2.23. The second kappa shape index (κ2) is 8.86. The first kappa shape index (κ1) is 21.0. The number of rotatable bonds is 4. The Kier molecular flexibility index (Phi) is 6.00. The first-order chi connectivity index (χ1) is 14.9. The van der Waals surface area contributed by atoms with Gasteiger partial charge in [0.25, 0.3) is 5.91 Å². The lowest BCUT2D eigenvalue weighted by Crippen LogP contribution is -2.45. The third-order valence-electron chi connectivity index (χ3n) is 5.49. The maximum atomic E-state index is 13.3. The Morgan fingerprint density at radius 3 is 2.42 bits per heavy atom. The van der Waals surface area contributed by atoms with Gasteiger partial charge in [0, 0.05) is 25.0 Å². The van der Waals surface area contributed by atoms with E-state index >= 15 is 0 Å². The van der Waals surface area contributed by atoms with Crippen molar-refractivity contribution < 1.29 is 13.9 Å². The van der Waals surface area contributed by atoms with Crippen LogP contribution in [0.2, 0.25) is 0 Å². The van der Waals surface area contributed by atoms with Gasteiger partial charge in [-0.1, -0.05) is 24.3 Å². The van der Waals surface area contributed by atoms with E-state index in [0.717, 1.165) is 35.6 Å². The Hall–Kier alpha value is -3.25. The van der Waals surface area contributed by atoms with Crippen LogP contribution in [0, 0.1) is 12.7 Å². The monoisotopic (exact) mass is 419 g/mol. The van der Waals surface area contributed by atoms with Crippen LogP contribution in [-0.4, -0.2) is 36.2 Å². The van der Waals surface area contributed by atoms with Crippen LogP contribution >= 0.6 is 0 Å². The van der Waals surface area contributed by atoms with Crippen LogP contribution in [0.1, 0.15) is 29.8 Å². The second-order valence-electron chi connectivity index (χ2n) is 8.01. The van der Waals surface area contributed by atoms with Crippen molar-refractivity contribution in [3.63, 3.8) is 0 Å². The highest BCUT2D eigenvalue weighted by Crippen LogP contribution is 2.29. The van der Waals surface area contributed by atoms with E-state index in [4.69, 9.17) is 4.74 Å². The zero-order valence-electron chi connectivity index (χ0n) is 17.9. The summed E-state index contributed by atoms with van der Waals surface area (Å²) in [7, 11) is 0. The van der Waals surface area contributed by atoms with Crippen molar-refractivity contribution in [2.45, 2.75) is 33.0 Å². The quantitative estimate of drug-likeness (QED) is 0.642. The van der Waals surface area contributed by atoms with Crippen LogP contribution in [0.25, 0.3) is 11.1 Å². The van der Waals surface area contributed by atoms with Gasteiger partial charge in [-0.25, -0.2) is 9.37 Å². The fourth-order valence-electron chi connectivity index (χ4n) is 3.98. The third kappa shape index (κ3) is 4.75. The van der Waals surface area contributed by atoms with Gasteiger partial charge < -0.3 is 15.0 Å². The number of amides is 1. The lowest BCUT2D eigenvalue weighted by atomic mass is 9.99. The number of hydrogen-bond donors (Lipinski definition) is 1. The van der Waals surface area contributed by atoms with Crippen molar-refractivity contribution in [3.8, 4) is 11.1 Å². The molecule has 0 spiro atoms. The van der Waals surface area contributed by atoms with Gasteiger partial charge in [0.1, 0.15) is 11.6 Å². The molecule has 0 bridgehead atoms. The molecule has 31 heavy (non-hydrogen) atoms. The molecule has 2 aromatic carbocycles. The molecule has 5 nitrogen and oxygen atoms in total. The maximum Gasteiger partial charge on any atom is 0.257 e. The van der Waals surface area contributed by atoms with Crippen molar-refractivity contribution >= 4 is 17.4 Å². The van der Waals surface area contributed by atoms with Gasteiger partial charge in [0.15, 0.2) is 0 Å². The Morgan fingerprint density at radius 1 is 1.06 bits per heavy atom. The molecule has 1 amide bonds. The molecule has 1 N–H and O–H groups in total. The van der Waals surface area contributed by atoms with E-state index in [2.05, 4.69) is 15.2 Å². The molecule has 0 unspecified atom stereocenters. The van der Waals surface area contributed by atoms with E-state index in [1.54, 1.807) is 24.4 Å². The zero-order valence-corrected chi connectivity index (χ0v) is 17.9. The molecule has 1 fully saturated rings. The number of ether oxygens (including phenoxy) is 1. The normalized spacial score (nSPS) is 18.6. The summed E-state index contributed by atoms with van der Waals surface area (Å²) >= 11 is 0. The Labute approximate surface area is 181 Å². The van der Waals surface area contributed by atoms with Crippen LogP contribution in [-0.2, 0) is 4.74 Å². The fraction of sp³-hybridized carbons (Fsp3) is 0.280. The molecule has 6 heteroatoms. The maximum absolute atomic E-state index is 13.3. The van der Waals surface area contributed by atoms with Crippen LogP contribution in [0.3, 0.4) is 0 Å². The van der Waals surface area contributed by atoms with E-state index in [1.807, 2.05) is 45.0 Å². The van der Waals surface area contributed by atoms with Crippen molar-refractivity contribution in [2.24, 2.45) is 0 Å². The number of hydrogen-bond acceptors (Lipinski definition) is 4. The lowest BCUT2D eigenvalue weighted by Gasteiger charge is -2.36. The average Bonchev–Trinajstić information content (AvgIpc) is 2.75. The summed E-state index contributed by atoms with van der Waals surface area (Å²) in [6.07, 6.45) is 1.89. The van der Waals surface area contributed by atoms with E-state index in [9.17, 15) is 9.18 Å². The van der Waals surface area contributed by atoms with E-state index in [1.165, 1.54) is 12.1 Å². The van der Waals surface area contributed by atoms with Gasteiger partial charge >= 0.3 is 0 Å². The molecular formula is C25H26FN3O2. The van der Waals surface area contributed by atoms with Gasteiger partial charge in [-0.2, -0.15) is 0 Å². The number of halogens is 1. The molecule has 0 saturated carbocycles. The van der Waals surface area contributed by atoms with E-state index < -0.39 is 0 Å². The summed E-state index contributed by atoms with van der Waals surface area (Å²) in [6.45, 7) is 7.59.